The van der Waals surface area contributed by atoms with Gasteiger partial charge in [0.05, 0.1) is 11.5 Å². The van der Waals surface area contributed by atoms with E-state index in [0.717, 1.165) is 6.26 Å². The first kappa shape index (κ1) is 15.4. The van der Waals surface area contributed by atoms with Crippen molar-refractivity contribution in [1.82, 2.24) is 5.32 Å². The van der Waals surface area contributed by atoms with Gasteiger partial charge in [0.2, 0.25) is 0 Å². The van der Waals surface area contributed by atoms with Crippen molar-refractivity contribution >= 4 is 11.8 Å². The van der Waals surface area contributed by atoms with Crippen LogP contribution in [0.2, 0.25) is 0 Å². The van der Waals surface area contributed by atoms with E-state index < -0.39 is 30.0 Å². The first-order chi connectivity index (χ1) is 9.77. The number of hydrogen-bond donors (Lipinski definition) is 2. The molecule has 5 nitrogen and oxygen atoms in total. The molecule has 0 aliphatic heterocycles. The Bertz CT molecular complexity index is 539. The molecule has 0 bridgehead atoms. The van der Waals surface area contributed by atoms with Gasteiger partial charge < -0.3 is 15.5 Å². The third kappa shape index (κ3) is 3.77. The van der Waals surface area contributed by atoms with Crippen LogP contribution in [0.15, 0.2) is 16.7 Å². The molecular formula is C13H15F3N2O3. The van der Waals surface area contributed by atoms with Gasteiger partial charge in [-0.05, 0) is 19.3 Å². The van der Waals surface area contributed by atoms with E-state index in [2.05, 4.69) is 5.32 Å². The predicted octanol–water partition coefficient (Wildman–Crippen LogP) is 2.23. The molecule has 1 aliphatic rings. The van der Waals surface area contributed by atoms with Crippen LogP contribution in [-0.4, -0.2) is 24.0 Å². The van der Waals surface area contributed by atoms with Crippen LogP contribution in [0.3, 0.4) is 0 Å². The molecule has 1 saturated carbocycles. The van der Waals surface area contributed by atoms with Gasteiger partial charge in [0.1, 0.15) is 6.26 Å². The lowest BCUT2D eigenvalue weighted by atomic mass is 9.85. The Kier molecular flexibility index (Phi) is 4.24. The summed E-state index contributed by atoms with van der Waals surface area (Å²) in [5.74, 6) is -2.94. The lowest BCUT2D eigenvalue weighted by Gasteiger charge is -2.30. The molecule has 8 heteroatoms. The maximum absolute atomic E-state index is 12.7. The zero-order valence-corrected chi connectivity index (χ0v) is 11.1. The van der Waals surface area contributed by atoms with Crippen LogP contribution in [0.25, 0.3) is 0 Å². The van der Waals surface area contributed by atoms with Crippen molar-refractivity contribution in [1.29, 1.82) is 0 Å². The molecule has 0 aromatic carbocycles. The molecule has 1 fully saturated rings. The average Bonchev–Trinajstić information content (AvgIpc) is 2.88. The largest absolute Gasteiger partial charge is 0.458 e. The maximum atomic E-state index is 12.7. The Morgan fingerprint density at radius 2 is 2.05 bits per heavy atom. The molecule has 0 spiro atoms. The SMILES string of the molecule is NC(=O)c1cc(C(=O)NC2CCCC(C(F)(F)F)C2)co1. The summed E-state index contributed by atoms with van der Waals surface area (Å²) in [5.41, 5.74) is 5.06. The van der Waals surface area contributed by atoms with Crippen LogP contribution in [0.1, 0.15) is 46.6 Å². The summed E-state index contributed by atoms with van der Waals surface area (Å²) >= 11 is 0. The number of amides is 2. The van der Waals surface area contributed by atoms with E-state index in [1.807, 2.05) is 0 Å². The normalized spacial score (nSPS) is 22.8. The minimum Gasteiger partial charge on any atom is -0.458 e. The molecule has 2 atom stereocenters. The predicted molar refractivity (Wildman–Crippen MR) is 66.5 cm³/mol. The van der Waals surface area contributed by atoms with Crippen molar-refractivity contribution in [3.05, 3.63) is 23.7 Å². The third-order valence-electron chi connectivity index (χ3n) is 3.58. The summed E-state index contributed by atoms with van der Waals surface area (Å²) in [5, 5.41) is 2.54. The smallest absolute Gasteiger partial charge is 0.391 e. The standard InChI is InChI=1S/C13H15F3N2O3/c14-13(15,16)8-2-1-3-9(5-8)18-12(20)7-4-10(11(17)19)21-6-7/h4,6,8-9H,1-3,5H2,(H2,17,19)(H,18,20). The van der Waals surface area contributed by atoms with Gasteiger partial charge in [0.15, 0.2) is 5.76 Å². The summed E-state index contributed by atoms with van der Waals surface area (Å²) in [6.07, 6.45) is -2.31. The number of nitrogens with two attached hydrogens (primary N) is 1. The summed E-state index contributed by atoms with van der Waals surface area (Å²) < 4.78 is 42.9. The summed E-state index contributed by atoms with van der Waals surface area (Å²) in [6, 6.07) is 0.631. The molecule has 1 heterocycles. The monoisotopic (exact) mass is 304 g/mol. The molecule has 21 heavy (non-hydrogen) atoms. The van der Waals surface area contributed by atoms with E-state index in [1.54, 1.807) is 0 Å². The van der Waals surface area contributed by atoms with Gasteiger partial charge in [-0.15, -0.1) is 0 Å². The number of carbonyl (C=O) groups is 2. The van der Waals surface area contributed by atoms with Gasteiger partial charge in [-0.3, -0.25) is 9.59 Å². The lowest BCUT2D eigenvalue weighted by Crippen LogP contribution is -2.41. The molecule has 1 aliphatic carbocycles. The number of hydrogen-bond acceptors (Lipinski definition) is 3. The number of rotatable bonds is 3. The average molecular weight is 304 g/mol. The molecule has 2 rings (SSSR count). The summed E-state index contributed by atoms with van der Waals surface area (Å²) in [4.78, 5) is 22.8. The molecule has 0 saturated heterocycles. The first-order valence-electron chi connectivity index (χ1n) is 6.53. The van der Waals surface area contributed by atoms with E-state index in [4.69, 9.17) is 10.2 Å². The van der Waals surface area contributed by atoms with Crippen LogP contribution >= 0.6 is 0 Å². The van der Waals surface area contributed by atoms with Gasteiger partial charge in [-0.25, -0.2) is 0 Å². The Labute approximate surface area is 118 Å². The summed E-state index contributed by atoms with van der Waals surface area (Å²) in [7, 11) is 0. The first-order valence-corrected chi connectivity index (χ1v) is 6.53. The highest BCUT2D eigenvalue weighted by Crippen LogP contribution is 2.37. The Morgan fingerprint density at radius 1 is 1.33 bits per heavy atom. The molecular weight excluding hydrogens is 289 g/mol. The van der Waals surface area contributed by atoms with Crippen molar-refractivity contribution in [2.24, 2.45) is 11.7 Å². The van der Waals surface area contributed by atoms with Crippen LogP contribution in [-0.2, 0) is 0 Å². The molecule has 3 N–H and O–H groups in total. The van der Waals surface area contributed by atoms with Gasteiger partial charge in [0, 0.05) is 12.1 Å². The van der Waals surface area contributed by atoms with Crippen molar-refractivity contribution in [2.75, 3.05) is 0 Å². The van der Waals surface area contributed by atoms with Crippen LogP contribution in [0, 0.1) is 5.92 Å². The Hall–Kier alpha value is -1.99. The Balaban J connectivity index is 1.97. The van der Waals surface area contributed by atoms with Gasteiger partial charge in [-0.2, -0.15) is 13.2 Å². The number of nitrogens with one attached hydrogen (secondary N) is 1. The second-order valence-electron chi connectivity index (χ2n) is 5.14. The van der Waals surface area contributed by atoms with Crippen molar-refractivity contribution in [3.8, 4) is 0 Å². The molecule has 1 aromatic heterocycles. The highest BCUT2D eigenvalue weighted by molar-refractivity contribution is 5.97. The fourth-order valence-corrected chi connectivity index (χ4v) is 2.47. The van der Waals surface area contributed by atoms with E-state index in [9.17, 15) is 22.8 Å². The van der Waals surface area contributed by atoms with Crippen molar-refractivity contribution < 1.29 is 27.2 Å². The number of alkyl halides is 3. The lowest BCUT2D eigenvalue weighted by molar-refractivity contribution is -0.183. The zero-order valence-electron chi connectivity index (χ0n) is 11.1. The number of furan rings is 1. The second kappa shape index (κ2) is 5.79. The Morgan fingerprint density at radius 3 is 2.62 bits per heavy atom. The minimum absolute atomic E-state index is 0.0675. The summed E-state index contributed by atoms with van der Waals surface area (Å²) in [6.45, 7) is 0. The minimum atomic E-state index is -4.24. The van der Waals surface area contributed by atoms with Gasteiger partial charge in [0.25, 0.3) is 11.8 Å². The topological polar surface area (TPSA) is 85.3 Å². The molecule has 1 aromatic rings. The van der Waals surface area contributed by atoms with Crippen molar-refractivity contribution in [3.63, 3.8) is 0 Å². The quantitative estimate of drug-likeness (QED) is 0.898. The number of carbonyl (C=O) groups excluding carboxylic acids is 2. The molecule has 2 unspecified atom stereocenters. The molecule has 116 valence electrons. The van der Waals surface area contributed by atoms with E-state index >= 15 is 0 Å². The third-order valence-corrected chi connectivity index (χ3v) is 3.58. The zero-order chi connectivity index (χ0) is 15.6. The molecule has 2 amide bonds. The van der Waals surface area contributed by atoms with Crippen LogP contribution in [0.4, 0.5) is 13.2 Å². The van der Waals surface area contributed by atoms with E-state index in [0.29, 0.717) is 12.8 Å². The second-order valence-corrected chi connectivity index (χ2v) is 5.14. The maximum Gasteiger partial charge on any atom is 0.391 e. The fraction of sp³-hybridized carbons (Fsp3) is 0.538. The molecule has 0 radical (unpaired) electrons. The van der Waals surface area contributed by atoms with Crippen LogP contribution < -0.4 is 11.1 Å². The highest BCUT2D eigenvalue weighted by Gasteiger charge is 2.42. The van der Waals surface area contributed by atoms with Crippen molar-refractivity contribution in [2.45, 2.75) is 37.9 Å². The number of halogens is 3. The number of primary amides is 1. The highest BCUT2D eigenvalue weighted by atomic mass is 19.4. The van der Waals surface area contributed by atoms with E-state index in [-0.39, 0.29) is 24.2 Å². The van der Waals surface area contributed by atoms with Gasteiger partial charge >= 0.3 is 6.18 Å². The van der Waals surface area contributed by atoms with Crippen LogP contribution in [0.5, 0.6) is 0 Å². The van der Waals surface area contributed by atoms with E-state index in [1.165, 1.54) is 6.07 Å². The van der Waals surface area contributed by atoms with Gasteiger partial charge in [-0.1, -0.05) is 6.42 Å². The fourth-order valence-electron chi connectivity index (χ4n) is 2.47.